The Hall–Kier alpha value is -4.03. The lowest BCUT2D eigenvalue weighted by Gasteiger charge is -2.34. The SMILES string of the molecule is CC(C)n1c(=O)c2cnc(Nc3ccc4c(c3)CCNC4(C)C)nc2n1-c1ccnc(C2(C#N)CC2)c1. The zero-order chi connectivity index (χ0) is 25.9. The average molecular weight is 495 g/mol. The van der Waals surface area contributed by atoms with Gasteiger partial charge < -0.3 is 10.6 Å². The van der Waals surface area contributed by atoms with Crippen molar-refractivity contribution in [2.24, 2.45) is 0 Å². The first-order valence-corrected chi connectivity index (χ1v) is 12.8. The van der Waals surface area contributed by atoms with Crippen LogP contribution in [0, 0.1) is 11.3 Å². The van der Waals surface area contributed by atoms with Gasteiger partial charge in [0.05, 0.1) is 22.9 Å². The van der Waals surface area contributed by atoms with Gasteiger partial charge in [-0.15, -0.1) is 0 Å². The summed E-state index contributed by atoms with van der Waals surface area (Å²) in [6, 6.07) is 12.4. The van der Waals surface area contributed by atoms with Crippen molar-refractivity contribution >= 4 is 22.7 Å². The quantitative estimate of drug-likeness (QED) is 0.427. The number of rotatable bonds is 5. The summed E-state index contributed by atoms with van der Waals surface area (Å²) in [5.41, 5.74) is 4.75. The van der Waals surface area contributed by atoms with Crippen molar-refractivity contribution < 1.29 is 0 Å². The van der Waals surface area contributed by atoms with Crippen LogP contribution in [0.15, 0.2) is 47.5 Å². The van der Waals surface area contributed by atoms with E-state index >= 15 is 0 Å². The monoisotopic (exact) mass is 494 g/mol. The number of fused-ring (bicyclic) bond motifs is 2. The Kier molecular flexibility index (Phi) is 5.21. The Labute approximate surface area is 215 Å². The number of aromatic nitrogens is 5. The van der Waals surface area contributed by atoms with Crippen LogP contribution in [-0.4, -0.2) is 30.9 Å². The van der Waals surface area contributed by atoms with E-state index in [0.717, 1.165) is 42.9 Å². The topological polar surface area (TPSA) is 113 Å². The lowest BCUT2D eigenvalue weighted by Crippen LogP contribution is -2.42. The van der Waals surface area contributed by atoms with E-state index in [2.05, 4.69) is 52.7 Å². The van der Waals surface area contributed by atoms with Crippen LogP contribution in [0.2, 0.25) is 0 Å². The van der Waals surface area contributed by atoms with Gasteiger partial charge in [-0.05, 0) is 88.9 Å². The molecule has 0 atom stereocenters. The Morgan fingerprint density at radius 3 is 2.70 bits per heavy atom. The molecule has 3 aromatic heterocycles. The highest BCUT2D eigenvalue weighted by Gasteiger charge is 2.46. The predicted octanol–water partition coefficient (Wildman–Crippen LogP) is 4.24. The first-order chi connectivity index (χ1) is 17.7. The Morgan fingerprint density at radius 1 is 1.16 bits per heavy atom. The zero-order valence-corrected chi connectivity index (χ0v) is 21.5. The van der Waals surface area contributed by atoms with Gasteiger partial charge in [0.15, 0.2) is 5.65 Å². The third-order valence-corrected chi connectivity index (χ3v) is 7.55. The number of nitrogens with one attached hydrogen (secondary N) is 2. The highest BCUT2D eigenvalue weighted by molar-refractivity contribution is 5.77. The minimum Gasteiger partial charge on any atom is -0.324 e. The van der Waals surface area contributed by atoms with E-state index in [9.17, 15) is 10.1 Å². The van der Waals surface area contributed by atoms with Crippen molar-refractivity contribution in [2.45, 2.75) is 64.0 Å². The van der Waals surface area contributed by atoms with E-state index in [-0.39, 0.29) is 17.1 Å². The van der Waals surface area contributed by atoms with Gasteiger partial charge in [0.1, 0.15) is 5.39 Å². The molecule has 1 aliphatic heterocycles. The summed E-state index contributed by atoms with van der Waals surface area (Å²) in [6.45, 7) is 9.25. The van der Waals surface area contributed by atoms with E-state index in [1.807, 2.05) is 36.7 Å². The molecule has 0 unspecified atom stereocenters. The van der Waals surface area contributed by atoms with Crippen LogP contribution in [0.1, 0.15) is 63.4 Å². The van der Waals surface area contributed by atoms with Crippen LogP contribution in [0.5, 0.6) is 0 Å². The summed E-state index contributed by atoms with van der Waals surface area (Å²) in [5, 5.41) is 17.0. The van der Waals surface area contributed by atoms with Gasteiger partial charge >= 0.3 is 0 Å². The fraction of sp³-hybridized carbons (Fsp3) is 0.393. The molecular formula is C28H30N8O. The number of nitrogens with zero attached hydrogens (tertiary/aromatic N) is 6. The third-order valence-electron chi connectivity index (χ3n) is 7.55. The fourth-order valence-corrected chi connectivity index (χ4v) is 5.36. The number of benzene rings is 1. The molecule has 1 aliphatic carbocycles. The molecule has 0 spiro atoms. The van der Waals surface area contributed by atoms with Gasteiger partial charge in [-0.1, -0.05) is 6.07 Å². The molecule has 37 heavy (non-hydrogen) atoms. The zero-order valence-electron chi connectivity index (χ0n) is 21.5. The van der Waals surface area contributed by atoms with Gasteiger partial charge in [-0.3, -0.25) is 9.78 Å². The molecule has 1 saturated carbocycles. The molecule has 1 aromatic carbocycles. The first-order valence-electron chi connectivity index (χ1n) is 12.8. The molecule has 6 rings (SSSR count). The minimum absolute atomic E-state index is 0.0642. The lowest BCUT2D eigenvalue weighted by molar-refractivity contribution is 0.382. The molecule has 188 valence electrons. The molecular weight excluding hydrogens is 464 g/mol. The summed E-state index contributed by atoms with van der Waals surface area (Å²) in [7, 11) is 0. The number of anilines is 2. The smallest absolute Gasteiger partial charge is 0.278 e. The second-order valence-electron chi connectivity index (χ2n) is 10.9. The van der Waals surface area contributed by atoms with E-state index in [0.29, 0.717) is 17.0 Å². The number of hydrogen-bond donors (Lipinski definition) is 2. The van der Waals surface area contributed by atoms with Gasteiger partial charge in [-0.25, -0.2) is 14.3 Å². The molecule has 1 fully saturated rings. The largest absolute Gasteiger partial charge is 0.324 e. The van der Waals surface area contributed by atoms with Crippen LogP contribution in [0.4, 0.5) is 11.6 Å². The predicted molar refractivity (Wildman–Crippen MR) is 142 cm³/mol. The van der Waals surface area contributed by atoms with Crippen LogP contribution in [0.3, 0.4) is 0 Å². The minimum atomic E-state index is -0.528. The maximum absolute atomic E-state index is 13.4. The lowest BCUT2D eigenvalue weighted by atomic mass is 9.85. The van der Waals surface area contributed by atoms with E-state index < -0.39 is 5.41 Å². The molecule has 0 amide bonds. The molecule has 0 radical (unpaired) electrons. The summed E-state index contributed by atoms with van der Waals surface area (Å²) in [6.07, 6.45) is 5.85. The van der Waals surface area contributed by atoms with Gasteiger partial charge in [0.25, 0.3) is 5.56 Å². The summed E-state index contributed by atoms with van der Waals surface area (Å²) < 4.78 is 3.51. The van der Waals surface area contributed by atoms with Crippen molar-refractivity contribution in [3.63, 3.8) is 0 Å². The van der Waals surface area contributed by atoms with Crippen molar-refractivity contribution in [1.29, 1.82) is 5.26 Å². The van der Waals surface area contributed by atoms with Gasteiger partial charge in [0, 0.05) is 29.7 Å². The van der Waals surface area contributed by atoms with E-state index in [1.165, 1.54) is 11.1 Å². The highest BCUT2D eigenvalue weighted by atomic mass is 16.1. The van der Waals surface area contributed by atoms with Crippen molar-refractivity contribution in [1.82, 2.24) is 29.6 Å². The maximum Gasteiger partial charge on any atom is 0.278 e. The molecule has 0 saturated heterocycles. The van der Waals surface area contributed by atoms with Gasteiger partial charge in [-0.2, -0.15) is 10.2 Å². The third kappa shape index (κ3) is 3.80. The van der Waals surface area contributed by atoms with Crippen LogP contribution < -0.4 is 16.2 Å². The first kappa shape index (κ1) is 23.4. The molecule has 2 N–H and O–H groups in total. The highest BCUT2D eigenvalue weighted by Crippen LogP contribution is 2.47. The van der Waals surface area contributed by atoms with Crippen LogP contribution in [0.25, 0.3) is 16.7 Å². The molecule has 9 nitrogen and oxygen atoms in total. The normalized spacial score (nSPS) is 17.4. The molecule has 4 aromatic rings. The van der Waals surface area contributed by atoms with Crippen LogP contribution >= 0.6 is 0 Å². The Morgan fingerprint density at radius 2 is 1.97 bits per heavy atom. The summed E-state index contributed by atoms with van der Waals surface area (Å²) >= 11 is 0. The van der Waals surface area contributed by atoms with E-state index in [1.54, 1.807) is 17.1 Å². The Balaban J connectivity index is 1.45. The second kappa shape index (κ2) is 8.25. The standard InChI is InChI=1S/C28H30N8O/c1-17(2)35-25(37)21-15-31-26(33-19-5-6-22-18(13-19)7-12-32-27(22,3)4)34-24(21)36(35)20-8-11-30-23(14-20)28(16-29)9-10-28/h5-6,8,11,13-15,17,32H,7,9-10,12H2,1-4H3,(H,31,33,34). The van der Waals surface area contributed by atoms with Gasteiger partial charge in [0.2, 0.25) is 5.95 Å². The second-order valence-corrected chi connectivity index (χ2v) is 10.9. The summed E-state index contributed by atoms with van der Waals surface area (Å²) in [4.78, 5) is 27.1. The van der Waals surface area contributed by atoms with Crippen molar-refractivity contribution in [3.8, 4) is 11.8 Å². The molecule has 9 heteroatoms. The maximum atomic E-state index is 13.4. The van der Waals surface area contributed by atoms with Crippen molar-refractivity contribution in [2.75, 3.05) is 11.9 Å². The number of hydrogen-bond acceptors (Lipinski definition) is 7. The molecule has 2 aliphatic rings. The summed E-state index contributed by atoms with van der Waals surface area (Å²) in [5.74, 6) is 0.417. The van der Waals surface area contributed by atoms with E-state index in [4.69, 9.17) is 4.98 Å². The molecule has 4 heterocycles. The van der Waals surface area contributed by atoms with Crippen molar-refractivity contribution in [3.05, 3.63) is 69.9 Å². The number of nitriles is 1. The fourth-order valence-electron chi connectivity index (χ4n) is 5.36. The van der Waals surface area contributed by atoms with Crippen LogP contribution in [-0.2, 0) is 17.4 Å². The average Bonchev–Trinajstić information content (AvgIpc) is 3.62. The molecule has 0 bridgehead atoms. The Bertz CT molecular complexity index is 1630. The number of pyridine rings is 1.